The first-order valence-electron chi connectivity index (χ1n) is 14.3. The van der Waals surface area contributed by atoms with E-state index in [9.17, 15) is 18.0 Å². The Bertz CT molecular complexity index is 1560. The molecular formula is C32H38ClN3O7S. The van der Waals surface area contributed by atoms with E-state index in [-0.39, 0.29) is 34.8 Å². The van der Waals surface area contributed by atoms with E-state index in [1.807, 2.05) is 6.07 Å². The Labute approximate surface area is 263 Å². The Hall–Kier alpha value is -3.96. The van der Waals surface area contributed by atoms with E-state index in [0.717, 1.165) is 35.6 Å². The zero-order valence-corrected chi connectivity index (χ0v) is 26.9. The van der Waals surface area contributed by atoms with E-state index >= 15 is 0 Å². The maximum atomic E-state index is 14.2. The predicted octanol–water partition coefficient (Wildman–Crippen LogP) is 5.04. The third-order valence-electron chi connectivity index (χ3n) is 7.69. The first-order valence-corrected chi connectivity index (χ1v) is 16.1. The number of sulfonamides is 1. The molecule has 44 heavy (non-hydrogen) atoms. The summed E-state index contributed by atoms with van der Waals surface area (Å²) in [5.41, 5.74) is 0.945. The van der Waals surface area contributed by atoms with Gasteiger partial charge >= 0.3 is 0 Å². The number of benzene rings is 3. The standard InChI is InChI=1S/C32H38ClN3O7S/c1-22(32(38)34-25-9-5-6-10-25)35(20-23-8-7-11-27(18-23)41-2)31(37)21-36(26-14-12-24(33)13-15-26)44(39,40)28-16-17-29(42-3)30(19-28)43-4/h7-8,11-19,22,25H,5-6,9-10,20-21H2,1-4H3,(H,34,38)/t22-/m1/s1. The molecule has 1 saturated carbocycles. The second-order valence-corrected chi connectivity index (χ2v) is 12.8. The fourth-order valence-corrected chi connectivity index (χ4v) is 6.74. The molecule has 10 nitrogen and oxygen atoms in total. The molecule has 3 aromatic carbocycles. The number of hydrogen-bond donors (Lipinski definition) is 1. The van der Waals surface area contributed by atoms with Crippen LogP contribution in [0.4, 0.5) is 5.69 Å². The Kier molecular flexibility index (Phi) is 11.0. The molecule has 0 aromatic heterocycles. The van der Waals surface area contributed by atoms with Gasteiger partial charge in [-0.2, -0.15) is 0 Å². The van der Waals surface area contributed by atoms with Gasteiger partial charge in [0.1, 0.15) is 18.3 Å². The van der Waals surface area contributed by atoms with Gasteiger partial charge in [0.05, 0.1) is 31.9 Å². The summed E-state index contributed by atoms with van der Waals surface area (Å²) in [5, 5.41) is 3.47. The van der Waals surface area contributed by atoms with Crippen molar-refractivity contribution in [2.24, 2.45) is 0 Å². The average Bonchev–Trinajstić information content (AvgIpc) is 3.55. The molecule has 0 radical (unpaired) electrons. The summed E-state index contributed by atoms with van der Waals surface area (Å²) in [6.07, 6.45) is 3.85. The molecule has 1 aliphatic carbocycles. The van der Waals surface area contributed by atoms with Gasteiger partial charge in [0.15, 0.2) is 11.5 Å². The highest BCUT2D eigenvalue weighted by Gasteiger charge is 2.34. The SMILES string of the molecule is COc1cccc(CN(C(=O)CN(c2ccc(Cl)cc2)S(=O)(=O)c2ccc(OC)c(OC)c2)[C@H](C)C(=O)NC2CCCC2)c1. The van der Waals surface area contributed by atoms with Crippen molar-refractivity contribution in [3.63, 3.8) is 0 Å². The zero-order valence-electron chi connectivity index (χ0n) is 25.3. The summed E-state index contributed by atoms with van der Waals surface area (Å²) in [6.45, 7) is 1.13. The van der Waals surface area contributed by atoms with Crippen LogP contribution in [0, 0.1) is 0 Å². The van der Waals surface area contributed by atoms with Crippen LogP contribution in [0.1, 0.15) is 38.2 Å². The van der Waals surface area contributed by atoms with Gasteiger partial charge in [0, 0.05) is 23.7 Å². The molecule has 0 bridgehead atoms. The van der Waals surface area contributed by atoms with Crippen LogP contribution in [-0.4, -0.2) is 65.1 Å². The fraction of sp³-hybridized carbons (Fsp3) is 0.375. The lowest BCUT2D eigenvalue weighted by Crippen LogP contribution is -2.52. The van der Waals surface area contributed by atoms with Crippen molar-refractivity contribution < 1.29 is 32.2 Å². The summed E-state index contributed by atoms with van der Waals surface area (Å²) in [7, 11) is 0.0858. The molecule has 2 amide bonds. The molecule has 12 heteroatoms. The minimum Gasteiger partial charge on any atom is -0.497 e. The number of rotatable bonds is 13. The zero-order chi connectivity index (χ0) is 31.9. The molecule has 0 unspecified atom stereocenters. The van der Waals surface area contributed by atoms with Gasteiger partial charge in [-0.15, -0.1) is 0 Å². The number of ether oxygens (including phenoxy) is 3. The second kappa shape index (κ2) is 14.7. The van der Waals surface area contributed by atoms with Gasteiger partial charge in [0.25, 0.3) is 10.0 Å². The normalized spacial score (nSPS) is 14.0. The number of halogens is 1. The summed E-state index contributed by atoms with van der Waals surface area (Å²) >= 11 is 6.11. The summed E-state index contributed by atoms with van der Waals surface area (Å²) in [5.74, 6) is 0.298. The number of nitrogens with one attached hydrogen (secondary N) is 1. The molecule has 0 spiro atoms. The van der Waals surface area contributed by atoms with E-state index in [1.54, 1.807) is 44.4 Å². The largest absolute Gasteiger partial charge is 0.497 e. The second-order valence-electron chi connectivity index (χ2n) is 10.5. The highest BCUT2D eigenvalue weighted by molar-refractivity contribution is 7.92. The number of carbonyl (C=O) groups is 2. The number of carbonyl (C=O) groups excluding carboxylic acids is 2. The summed E-state index contributed by atoms with van der Waals surface area (Å²) in [6, 6.07) is 16.7. The lowest BCUT2D eigenvalue weighted by molar-refractivity contribution is -0.139. The van der Waals surface area contributed by atoms with E-state index in [4.69, 9.17) is 25.8 Å². The van der Waals surface area contributed by atoms with E-state index in [2.05, 4.69) is 5.32 Å². The summed E-state index contributed by atoms with van der Waals surface area (Å²) < 4.78 is 45.3. The van der Waals surface area contributed by atoms with Gasteiger partial charge in [-0.05, 0) is 73.9 Å². The number of methoxy groups -OCH3 is 3. The Morgan fingerprint density at radius 1 is 0.932 bits per heavy atom. The number of anilines is 1. The maximum Gasteiger partial charge on any atom is 0.264 e. The Morgan fingerprint density at radius 3 is 2.25 bits per heavy atom. The van der Waals surface area contributed by atoms with Crippen LogP contribution in [0.15, 0.2) is 71.6 Å². The molecule has 0 heterocycles. The quantitative estimate of drug-likeness (QED) is 0.278. The number of hydrogen-bond acceptors (Lipinski definition) is 7. The van der Waals surface area contributed by atoms with E-state index in [1.165, 1.54) is 49.5 Å². The van der Waals surface area contributed by atoms with Crippen molar-refractivity contribution in [1.82, 2.24) is 10.2 Å². The third kappa shape index (κ3) is 7.75. The van der Waals surface area contributed by atoms with Crippen LogP contribution < -0.4 is 23.8 Å². The van der Waals surface area contributed by atoms with E-state index in [0.29, 0.717) is 16.5 Å². The van der Waals surface area contributed by atoms with Crippen LogP contribution in [0.5, 0.6) is 17.2 Å². The Morgan fingerprint density at radius 2 is 1.61 bits per heavy atom. The first kappa shape index (κ1) is 32.9. The van der Waals surface area contributed by atoms with Crippen molar-refractivity contribution in [1.29, 1.82) is 0 Å². The molecule has 0 aliphatic heterocycles. The minimum absolute atomic E-state index is 0.0507. The lowest BCUT2D eigenvalue weighted by Gasteiger charge is -2.32. The Balaban J connectivity index is 1.72. The van der Waals surface area contributed by atoms with Crippen LogP contribution in [0.25, 0.3) is 0 Å². The third-order valence-corrected chi connectivity index (χ3v) is 9.71. The molecule has 1 aliphatic rings. The van der Waals surface area contributed by atoms with Crippen LogP contribution in [0.3, 0.4) is 0 Å². The van der Waals surface area contributed by atoms with Crippen molar-refractivity contribution in [3.8, 4) is 17.2 Å². The molecule has 1 N–H and O–H groups in total. The molecule has 1 fully saturated rings. The smallest absolute Gasteiger partial charge is 0.264 e. The average molecular weight is 644 g/mol. The molecular weight excluding hydrogens is 606 g/mol. The lowest BCUT2D eigenvalue weighted by atomic mass is 10.1. The molecule has 236 valence electrons. The highest BCUT2D eigenvalue weighted by Crippen LogP contribution is 2.33. The van der Waals surface area contributed by atoms with Crippen LogP contribution in [0.2, 0.25) is 5.02 Å². The summed E-state index contributed by atoms with van der Waals surface area (Å²) in [4.78, 5) is 28.9. The van der Waals surface area contributed by atoms with Crippen LogP contribution >= 0.6 is 11.6 Å². The monoisotopic (exact) mass is 643 g/mol. The van der Waals surface area contributed by atoms with Crippen molar-refractivity contribution in [2.75, 3.05) is 32.2 Å². The first-order chi connectivity index (χ1) is 21.1. The maximum absolute atomic E-state index is 14.2. The van der Waals surface area contributed by atoms with Crippen molar-refractivity contribution >= 4 is 39.1 Å². The van der Waals surface area contributed by atoms with Gasteiger partial charge < -0.3 is 24.4 Å². The number of nitrogens with zero attached hydrogens (tertiary/aromatic N) is 2. The minimum atomic E-state index is -4.31. The van der Waals surface area contributed by atoms with Gasteiger partial charge in [-0.3, -0.25) is 13.9 Å². The van der Waals surface area contributed by atoms with Gasteiger partial charge in [0.2, 0.25) is 11.8 Å². The predicted molar refractivity (Wildman–Crippen MR) is 169 cm³/mol. The molecule has 1 atom stereocenters. The fourth-order valence-electron chi connectivity index (χ4n) is 5.18. The van der Waals surface area contributed by atoms with E-state index < -0.39 is 28.5 Å². The highest BCUT2D eigenvalue weighted by atomic mass is 35.5. The van der Waals surface area contributed by atoms with Gasteiger partial charge in [-0.1, -0.05) is 36.6 Å². The van der Waals surface area contributed by atoms with Crippen molar-refractivity contribution in [3.05, 3.63) is 77.3 Å². The molecule has 3 aromatic rings. The number of amides is 2. The topological polar surface area (TPSA) is 114 Å². The molecule has 4 rings (SSSR count). The molecule has 0 saturated heterocycles. The van der Waals surface area contributed by atoms with Gasteiger partial charge in [-0.25, -0.2) is 8.42 Å². The van der Waals surface area contributed by atoms with Crippen LogP contribution in [-0.2, 0) is 26.2 Å². The van der Waals surface area contributed by atoms with Crippen molar-refractivity contribution in [2.45, 2.75) is 56.1 Å².